The van der Waals surface area contributed by atoms with Crippen LogP contribution in [-0.4, -0.2) is 40.1 Å². The largest absolute Gasteiger partial charge is 0.356 e. The summed E-state index contributed by atoms with van der Waals surface area (Å²) in [5.74, 6) is 1.23. The molecule has 1 atom stereocenters. The third-order valence-electron chi connectivity index (χ3n) is 2.73. The van der Waals surface area contributed by atoms with Crippen molar-refractivity contribution in [1.82, 2.24) is 19.9 Å². The number of H-pyrrole nitrogens is 1. The van der Waals surface area contributed by atoms with E-state index in [-0.39, 0.29) is 5.92 Å². The maximum absolute atomic E-state index is 8.90. The van der Waals surface area contributed by atoms with Crippen LogP contribution in [0.25, 0.3) is 11.2 Å². The van der Waals surface area contributed by atoms with Crippen LogP contribution in [0, 0.1) is 17.2 Å². The summed E-state index contributed by atoms with van der Waals surface area (Å²) in [6.45, 7) is 5.22. The third kappa shape index (κ3) is 2.73. The van der Waals surface area contributed by atoms with Gasteiger partial charge in [0.2, 0.25) is 5.95 Å². The van der Waals surface area contributed by atoms with Crippen LogP contribution < -0.4 is 10.2 Å². The lowest BCUT2D eigenvalue weighted by Gasteiger charge is -2.20. The van der Waals surface area contributed by atoms with E-state index in [0.29, 0.717) is 18.1 Å². The van der Waals surface area contributed by atoms with Crippen molar-refractivity contribution in [2.75, 3.05) is 30.4 Å². The second-order valence-electron chi connectivity index (χ2n) is 4.41. The quantitative estimate of drug-likeness (QED) is 0.842. The van der Waals surface area contributed by atoms with E-state index in [4.69, 9.17) is 5.26 Å². The first-order valence-electron chi connectivity index (χ1n) is 6.21. The van der Waals surface area contributed by atoms with Gasteiger partial charge in [0.1, 0.15) is 5.52 Å². The van der Waals surface area contributed by atoms with Crippen molar-refractivity contribution in [3.63, 3.8) is 0 Å². The highest BCUT2D eigenvalue weighted by Crippen LogP contribution is 2.22. The highest BCUT2D eigenvalue weighted by Gasteiger charge is 2.15. The first-order valence-corrected chi connectivity index (χ1v) is 6.21. The van der Waals surface area contributed by atoms with Gasteiger partial charge in [-0.15, -0.1) is 0 Å². The van der Waals surface area contributed by atoms with Gasteiger partial charge in [0, 0.05) is 20.1 Å². The zero-order valence-electron chi connectivity index (χ0n) is 11.3. The van der Waals surface area contributed by atoms with E-state index in [1.807, 2.05) is 25.8 Å². The molecule has 1 unspecified atom stereocenters. The van der Waals surface area contributed by atoms with E-state index in [9.17, 15) is 0 Å². The fourth-order valence-electron chi connectivity index (χ4n) is 1.87. The average molecular weight is 259 g/mol. The molecule has 100 valence electrons. The van der Waals surface area contributed by atoms with E-state index in [2.05, 4.69) is 31.3 Å². The number of nitrogens with zero attached hydrogens (tertiary/aromatic N) is 5. The summed E-state index contributed by atoms with van der Waals surface area (Å²) in [5, 5.41) is 12.0. The Bertz CT molecular complexity index is 598. The average Bonchev–Trinajstić information content (AvgIpc) is 2.86. The summed E-state index contributed by atoms with van der Waals surface area (Å²) in [5.41, 5.74) is 1.41. The summed E-state index contributed by atoms with van der Waals surface area (Å²) in [6.07, 6.45) is 1.60. The molecule has 2 heterocycles. The van der Waals surface area contributed by atoms with Crippen molar-refractivity contribution in [2.45, 2.75) is 13.8 Å². The highest BCUT2D eigenvalue weighted by atomic mass is 15.2. The summed E-state index contributed by atoms with van der Waals surface area (Å²) >= 11 is 0. The number of hydrogen-bond donors (Lipinski definition) is 2. The molecule has 0 aliphatic rings. The number of fused-ring (bicyclic) bond motifs is 1. The molecule has 2 N–H and O–H groups in total. The number of hydrogen-bond acceptors (Lipinski definition) is 6. The van der Waals surface area contributed by atoms with E-state index in [1.165, 1.54) is 0 Å². The second kappa shape index (κ2) is 5.52. The molecule has 0 aliphatic carbocycles. The lowest BCUT2D eigenvalue weighted by Crippen LogP contribution is -2.25. The maximum atomic E-state index is 8.90. The fraction of sp³-hybridized carbons (Fsp3) is 0.500. The van der Waals surface area contributed by atoms with E-state index >= 15 is 0 Å². The van der Waals surface area contributed by atoms with Crippen LogP contribution in [0.15, 0.2) is 6.33 Å². The number of rotatable bonds is 5. The van der Waals surface area contributed by atoms with Crippen molar-refractivity contribution < 1.29 is 0 Å². The Kier molecular flexibility index (Phi) is 3.80. The molecular weight excluding hydrogens is 242 g/mol. The first kappa shape index (κ1) is 13.1. The standard InChI is InChI=1S/C12H17N7/c1-4-14-12-17-10-9(15-7-16-10)11(18-12)19(3)6-8(2)5-13/h7-8H,4,6H2,1-3H3,(H2,14,15,16,17,18). The SMILES string of the molecule is CCNc1nc(N(C)CC(C)C#N)c2[nH]cnc2n1. The van der Waals surface area contributed by atoms with Gasteiger partial charge in [0.05, 0.1) is 18.3 Å². The zero-order valence-corrected chi connectivity index (χ0v) is 11.3. The van der Waals surface area contributed by atoms with E-state index in [1.54, 1.807) is 6.33 Å². The molecule has 0 radical (unpaired) electrons. The molecule has 0 fully saturated rings. The highest BCUT2D eigenvalue weighted by molar-refractivity contribution is 5.84. The van der Waals surface area contributed by atoms with Gasteiger partial charge in [-0.3, -0.25) is 0 Å². The van der Waals surface area contributed by atoms with Crippen LogP contribution in [0.1, 0.15) is 13.8 Å². The Labute approximate surface area is 111 Å². The molecule has 0 bridgehead atoms. The second-order valence-corrected chi connectivity index (χ2v) is 4.41. The van der Waals surface area contributed by atoms with Crippen LogP contribution in [0.2, 0.25) is 0 Å². The number of nitrogens with one attached hydrogen (secondary N) is 2. The Morgan fingerprint density at radius 3 is 3.00 bits per heavy atom. The molecule has 2 aromatic heterocycles. The molecule has 0 saturated carbocycles. The number of aromatic amines is 1. The van der Waals surface area contributed by atoms with E-state index in [0.717, 1.165) is 17.9 Å². The summed E-state index contributed by atoms with van der Waals surface area (Å²) in [4.78, 5) is 17.9. The molecule has 7 heteroatoms. The van der Waals surface area contributed by atoms with Gasteiger partial charge in [-0.1, -0.05) is 0 Å². The van der Waals surface area contributed by atoms with Gasteiger partial charge in [0.15, 0.2) is 11.5 Å². The van der Waals surface area contributed by atoms with Crippen LogP contribution in [0.5, 0.6) is 0 Å². The minimum atomic E-state index is -0.0690. The van der Waals surface area contributed by atoms with Gasteiger partial charge in [-0.05, 0) is 13.8 Å². The fourth-order valence-corrected chi connectivity index (χ4v) is 1.87. The predicted octanol–water partition coefficient (Wildman–Crippen LogP) is 1.38. The summed E-state index contributed by atoms with van der Waals surface area (Å²) in [6, 6.07) is 2.22. The normalized spacial score (nSPS) is 12.1. The minimum Gasteiger partial charge on any atom is -0.356 e. The van der Waals surface area contributed by atoms with E-state index < -0.39 is 0 Å². The van der Waals surface area contributed by atoms with Gasteiger partial charge >= 0.3 is 0 Å². The van der Waals surface area contributed by atoms with Crippen LogP contribution in [0.3, 0.4) is 0 Å². The number of anilines is 2. The number of nitriles is 1. The van der Waals surface area contributed by atoms with Crippen molar-refractivity contribution in [3.05, 3.63) is 6.33 Å². The smallest absolute Gasteiger partial charge is 0.226 e. The Hall–Kier alpha value is -2.36. The number of aromatic nitrogens is 4. The molecule has 7 nitrogen and oxygen atoms in total. The van der Waals surface area contributed by atoms with Crippen LogP contribution in [0.4, 0.5) is 11.8 Å². The van der Waals surface area contributed by atoms with Crippen molar-refractivity contribution in [3.8, 4) is 6.07 Å². The Morgan fingerprint density at radius 2 is 2.32 bits per heavy atom. The van der Waals surface area contributed by atoms with Gasteiger partial charge in [-0.2, -0.15) is 15.2 Å². The van der Waals surface area contributed by atoms with Gasteiger partial charge < -0.3 is 15.2 Å². The van der Waals surface area contributed by atoms with Crippen molar-refractivity contribution in [2.24, 2.45) is 5.92 Å². The monoisotopic (exact) mass is 259 g/mol. The van der Waals surface area contributed by atoms with Crippen LogP contribution >= 0.6 is 0 Å². The lowest BCUT2D eigenvalue weighted by molar-refractivity contribution is 0.711. The lowest BCUT2D eigenvalue weighted by atomic mass is 10.2. The zero-order chi connectivity index (χ0) is 13.8. The molecular formula is C12H17N7. The first-order chi connectivity index (χ1) is 9.15. The summed E-state index contributed by atoms with van der Waals surface area (Å²) in [7, 11) is 1.91. The maximum Gasteiger partial charge on any atom is 0.226 e. The molecule has 0 amide bonds. The number of imidazole rings is 1. The Morgan fingerprint density at radius 1 is 1.53 bits per heavy atom. The van der Waals surface area contributed by atoms with Crippen molar-refractivity contribution in [1.29, 1.82) is 5.26 Å². The minimum absolute atomic E-state index is 0.0690. The van der Waals surface area contributed by atoms with Crippen molar-refractivity contribution >= 4 is 22.9 Å². The molecule has 0 saturated heterocycles. The third-order valence-corrected chi connectivity index (χ3v) is 2.73. The van der Waals surface area contributed by atoms with Gasteiger partial charge in [-0.25, -0.2) is 4.98 Å². The Balaban J connectivity index is 2.39. The topological polar surface area (TPSA) is 93.5 Å². The molecule has 2 rings (SSSR count). The molecule has 19 heavy (non-hydrogen) atoms. The molecule has 0 aromatic carbocycles. The molecule has 0 spiro atoms. The summed E-state index contributed by atoms with van der Waals surface area (Å²) < 4.78 is 0. The molecule has 2 aromatic rings. The van der Waals surface area contributed by atoms with Crippen LogP contribution in [-0.2, 0) is 0 Å². The predicted molar refractivity (Wildman–Crippen MR) is 73.9 cm³/mol. The van der Waals surface area contributed by atoms with Gasteiger partial charge in [0.25, 0.3) is 0 Å². The molecule has 0 aliphatic heterocycles.